The van der Waals surface area contributed by atoms with Crippen molar-refractivity contribution in [3.05, 3.63) is 18.2 Å². The minimum absolute atomic E-state index is 0.203. The Balaban J connectivity index is 2.14. The zero-order valence-corrected chi connectivity index (χ0v) is 8.97. The van der Waals surface area contributed by atoms with Crippen molar-refractivity contribution in [1.82, 2.24) is 14.9 Å². The number of aromatic amines is 1. The van der Waals surface area contributed by atoms with Crippen LogP contribution in [0.5, 0.6) is 0 Å². The molecule has 6 nitrogen and oxygen atoms in total. The smallest absolute Gasteiger partial charge is 0.328 e. The third kappa shape index (κ3) is 1.78. The van der Waals surface area contributed by atoms with Gasteiger partial charge in [0, 0.05) is 6.54 Å². The molecular weight excluding hydrogens is 210 g/mol. The number of nitrogens with one attached hydrogen (secondary N) is 1. The maximum atomic E-state index is 12.0. The Morgan fingerprint density at radius 1 is 1.62 bits per heavy atom. The van der Waals surface area contributed by atoms with Gasteiger partial charge in [-0.15, -0.1) is 0 Å². The van der Waals surface area contributed by atoms with E-state index >= 15 is 0 Å². The molecule has 0 aromatic carbocycles. The van der Waals surface area contributed by atoms with E-state index in [1.165, 1.54) is 24.5 Å². The van der Waals surface area contributed by atoms with Gasteiger partial charge < -0.3 is 14.6 Å². The first-order valence-electron chi connectivity index (χ1n) is 5.11. The lowest BCUT2D eigenvalue weighted by Crippen LogP contribution is -2.41. The molecule has 6 heteroatoms. The molecule has 1 aliphatic rings. The molecule has 1 aromatic heterocycles. The van der Waals surface area contributed by atoms with E-state index in [1.807, 2.05) is 0 Å². The number of esters is 1. The number of H-pyrrole nitrogens is 1. The molecule has 0 radical (unpaired) electrons. The average molecular weight is 223 g/mol. The third-order valence-corrected chi connectivity index (χ3v) is 2.72. The molecule has 2 rings (SSSR count). The number of imidazole rings is 1. The van der Waals surface area contributed by atoms with Crippen molar-refractivity contribution in [2.24, 2.45) is 0 Å². The first-order valence-corrected chi connectivity index (χ1v) is 5.11. The molecule has 0 bridgehead atoms. The van der Waals surface area contributed by atoms with Crippen LogP contribution in [-0.2, 0) is 9.53 Å². The van der Waals surface area contributed by atoms with Crippen LogP contribution < -0.4 is 0 Å². The zero-order valence-electron chi connectivity index (χ0n) is 8.97. The van der Waals surface area contributed by atoms with E-state index in [4.69, 9.17) is 0 Å². The van der Waals surface area contributed by atoms with E-state index < -0.39 is 6.04 Å². The van der Waals surface area contributed by atoms with Crippen molar-refractivity contribution in [3.8, 4) is 0 Å². The van der Waals surface area contributed by atoms with E-state index in [0.717, 1.165) is 6.42 Å². The van der Waals surface area contributed by atoms with Crippen LogP contribution in [0.1, 0.15) is 23.3 Å². The number of likely N-dealkylation sites (tertiary alicyclic amines) is 1. The Hall–Kier alpha value is -1.85. The van der Waals surface area contributed by atoms with E-state index in [0.29, 0.717) is 18.7 Å². The highest BCUT2D eigenvalue weighted by atomic mass is 16.5. The summed E-state index contributed by atoms with van der Waals surface area (Å²) in [4.78, 5) is 31.5. The van der Waals surface area contributed by atoms with Gasteiger partial charge in [0.1, 0.15) is 11.7 Å². The molecule has 1 atom stereocenters. The van der Waals surface area contributed by atoms with Crippen molar-refractivity contribution < 1.29 is 14.3 Å². The van der Waals surface area contributed by atoms with Gasteiger partial charge in [0.15, 0.2) is 0 Å². The highest BCUT2D eigenvalue weighted by Crippen LogP contribution is 2.20. The van der Waals surface area contributed by atoms with Crippen molar-refractivity contribution >= 4 is 11.9 Å². The molecule has 0 aliphatic carbocycles. The van der Waals surface area contributed by atoms with Crippen LogP contribution in [0.2, 0.25) is 0 Å². The number of methoxy groups -OCH3 is 1. The fourth-order valence-electron chi connectivity index (χ4n) is 1.92. The summed E-state index contributed by atoms with van der Waals surface area (Å²) in [5.74, 6) is -0.559. The molecular formula is C10H13N3O3. The SMILES string of the molecule is COC(=O)C1CCCN1C(=O)c1cnc[nH]1. The molecule has 2 heterocycles. The van der Waals surface area contributed by atoms with E-state index in [1.54, 1.807) is 0 Å². The summed E-state index contributed by atoms with van der Waals surface area (Å²) in [5.41, 5.74) is 0.399. The quantitative estimate of drug-likeness (QED) is 0.726. The van der Waals surface area contributed by atoms with Gasteiger partial charge in [-0.3, -0.25) is 4.79 Å². The topological polar surface area (TPSA) is 75.3 Å². The number of ether oxygens (including phenoxy) is 1. The number of hydrogen-bond donors (Lipinski definition) is 1. The third-order valence-electron chi connectivity index (χ3n) is 2.72. The molecule has 0 spiro atoms. The monoisotopic (exact) mass is 223 g/mol. The lowest BCUT2D eigenvalue weighted by molar-refractivity contribution is -0.145. The Morgan fingerprint density at radius 2 is 2.44 bits per heavy atom. The van der Waals surface area contributed by atoms with Crippen LogP contribution in [-0.4, -0.2) is 46.4 Å². The number of rotatable bonds is 2. The average Bonchev–Trinajstić information content (AvgIpc) is 2.97. The Morgan fingerprint density at radius 3 is 3.06 bits per heavy atom. The summed E-state index contributed by atoms with van der Waals surface area (Å²) < 4.78 is 4.67. The van der Waals surface area contributed by atoms with Crippen LogP contribution in [0.25, 0.3) is 0 Å². The fourth-order valence-corrected chi connectivity index (χ4v) is 1.92. The van der Waals surface area contributed by atoms with Crippen molar-refractivity contribution in [2.45, 2.75) is 18.9 Å². The molecule has 1 aromatic rings. The summed E-state index contributed by atoms with van der Waals surface area (Å²) in [6.45, 7) is 0.581. The Bertz CT molecular complexity index is 388. The summed E-state index contributed by atoms with van der Waals surface area (Å²) >= 11 is 0. The van der Waals surface area contributed by atoms with Crippen LogP contribution in [0.4, 0.5) is 0 Å². The second kappa shape index (κ2) is 4.34. The summed E-state index contributed by atoms with van der Waals surface area (Å²) in [5, 5.41) is 0. The van der Waals surface area contributed by atoms with Gasteiger partial charge in [0.25, 0.3) is 5.91 Å². The van der Waals surface area contributed by atoms with Gasteiger partial charge in [0.05, 0.1) is 19.6 Å². The minimum Gasteiger partial charge on any atom is -0.467 e. The zero-order chi connectivity index (χ0) is 11.5. The van der Waals surface area contributed by atoms with Gasteiger partial charge >= 0.3 is 5.97 Å². The number of hydrogen-bond acceptors (Lipinski definition) is 4. The van der Waals surface area contributed by atoms with Crippen LogP contribution in [0, 0.1) is 0 Å². The molecule has 0 saturated carbocycles. The second-order valence-electron chi connectivity index (χ2n) is 3.65. The lowest BCUT2D eigenvalue weighted by Gasteiger charge is -2.21. The Labute approximate surface area is 92.6 Å². The van der Waals surface area contributed by atoms with Gasteiger partial charge in [-0.1, -0.05) is 0 Å². The molecule has 1 saturated heterocycles. The minimum atomic E-state index is -0.458. The van der Waals surface area contributed by atoms with Crippen molar-refractivity contribution in [2.75, 3.05) is 13.7 Å². The van der Waals surface area contributed by atoms with E-state index in [-0.39, 0.29) is 11.9 Å². The summed E-state index contributed by atoms with van der Waals surface area (Å²) in [7, 11) is 1.33. The standard InChI is InChI=1S/C10H13N3O3/c1-16-10(15)8-3-2-4-13(8)9(14)7-5-11-6-12-7/h5-6,8H,2-4H2,1H3,(H,11,12). The molecule has 1 amide bonds. The van der Waals surface area contributed by atoms with Crippen LogP contribution in [0.15, 0.2) is 12.5 Å². The normalized spacial score (nSPS) is 19.8. The number of aromatic nitrogens is 2. The van der Waals surface area contributed by atoms with Gasteiger partial charge in [-0.2, -0.15) is 0 Å². The number of amides is 1. The van der Waals surface area contributed by atoms with E-state index in [9.17, 15) is 9.59 Å². The maximum absolute atomic E-state index is 12.0. The molecule has 16 heavy (non-hydrogen) atoms. The number of carbonyl (C=O) groups is 2. The molecule has 1 aliphatic heterocycles. The number of nitrogens with zero attached hydrogens (tertiary/aromatic N) is 2. The maximum Gasteiger partial charge on any atom is 0.328 e. The molecule has 1 N–H and O–H groups in total. The fraction of sp³-hybridized carbons (Fsp3) is 0.500. The molecule has 1 fully saturated rings. The number of carbonyl (C=O) groups excluding carboxylic acids is 2. The highest BCUT2D eigenvalue weighted by molar-refractivity contribution is 5.95. The lowest BCUT2D eigenvalue weighted by atomic mass is 10.2. The predicted octanol–water partition coefficient (Wildman–Crippen LogP) is 0.187. The van der Waals surface area contributed by atoms with E-state index in [2.05, 4.69) is 14.7 Å². The van der Waals surface area contributed by atoms with Gasteiger partial charge in [-0.25, -0.2) is 9.78 Å². The first-order chi connectivity index (χ1) is 7.74. The summed E-state index contributed by atoms with van der Waals surface area (Å²) in [6.07, 6.45) is 4.37. The predicted molar refractivity (Wildman–Crippen MR) is 54.7 cm³/mol. The largest absolute Gasteiger partial charge is 0.467 e. The van der Waals surface area contributed by atoms with Crippen LogP contribution in [0.3, 0.4) is 0 Å². The highest BCUT2D eigenvalue weighted by Gasteiger charge is 2.35. The van der Waals surface area contributed by atoms with Gasteiger partial charge in [-0.05, 0) is 12.8 Å². The Kier molecular flexibility index (Phi) is 2.89. The van der Waals surface area contributed by atoms with Crippen molar-refractivity contribution in [1.29, 1.82) is 0 Å². The second-order valence-corrected chi connectivity index (χ2v) is 3.65. The van der Waals surface area contributed by atoms with Crippen LogP contribution >= 0.6 is 0 Å². The van der Waals surface area contributed by atoms with Gasteiger partial charge in [0.2, 0.25) is 0 Å². The molecule has 86 valence electrons. The summed E-state index contributed by atoms with van der Waals surface area (Å²) in [6, 6.07) is -0.458. The van der Waals surface area contributed by atoms with Crippen molar-refractivity contribution in [3.63, 3.8) is 0 Å². The molecule has 1 unspecified atom stereocenters. The first kappa shape index (κ1) is 10.7.